The molecule has 1 aliphatic rings. The molecule has 0 atom stereocenters. The minimum atomic E-state index is -0.594. The summed E-state index contributed by atoms with van der Waals surface area (Å²) in [6.07, 6.45) is 0. The van der Waals surface area contributed by atoms with Crippen molar-refractivity contribution in [3.8, 4) is 0 Å². The van der Waals surface area contributed by atoms with E-state index in [9.17, 15) is 4.39 Å². The molecule has 0 unspecified atom stereocenters. The van der Waals surface area contributed by atoms with E-state index >= 15 is 0 Å². The van der Waals surface area contributed by atoms with E-state index in [1.807, 2.05) is 26.0 Å². The van der Waals surface area contributed by atoms with Crippen molar-refractivity contribution in [2.45, 2.75) is 25.9 Å². The van der Waals surface area contributed by atoms with Crippen molar-refractivity contribution in [1.29, 1.82) is 0 Å². The van der Waals surface area contributed by atoms with Crippen molar-refractivity contribution >= 4 is 30.5 Å². The van der Waals surface area contributed by atoms with Gasteiger partial charge in [0.2, 0.25) is 5.89 Å². The number of nitrogens with zero attached hydrogens (tertiary/aromatic N) is 4. The van der Waals surface area contributed by atoms with Crippen molar-refractivity contribution in [2.24, 2.45) is 5.73 Å². The summed E-state index contributed by atoms with van der Waals surface area (Å²) in [7, 11) is 0. The van der Waals surface area contributed by atoms with Gasteiger partial charge in [-0.1, -0.05) is 5.16 Å². The summed E-state index contributed by atoms with van der Waals surface area (Å²) in [5.74, 6) is 0.911. The highest BCUT2D eigenvalue weighted by atomic mass is 35.5. The average Bonchev–Trinajstić information content (AvgIpc) is 2.98. The standard InChI is InChI=1S/C16H22FN5O.2ClH/c1-16(2,18)15-19-14(23-20-15)11-21-7-9-22(10-8-21)13-5-3-12(17)4-6-13;;/h3-6H,7-11,18H2,1-2H3;2*1H. The lowest BCUT2D eigenvalue weighted by Gasteiger charge is -2.35. The first-order valence-corrected chi connectivity index (χ1v) is 7.76. The third-order valence-corrected chi connectivity index (χ3v) is 3.97. The van der Waals surface area contributed by atoms with Crippen LogP contribution in [-0.2, 0) is 12.1 Å². The van der Waals surface area contributed by atoms with E-state index in [1.54, 1.807) is 0 Å². The Hall–Kier alpha value is -1.41. The Labute approximate surface area is 159 Å². The molecule has 1 aromatic carbocycles. The first kappa shape index (κ1) is 21.6. The molecule has 6 nitrogen and oxygen atoms in total. The lowest BCUT2D eigenvalue weighted by atomic mass is 10.1. The zero-order valence-corrected chi connectivity index (χ0v) is 15.9. The minimum absolute atomic E-state index is 0. The first-order valence-electron chi connectivity index (χ1n) is 7.76. The Morgan fingerprint density at radius 3 is 2.24 bits per heavy atom. The van der Waals surface area contributed by atoms with E-state index in [-0.39, 0.29) is 30.6 Å². The lowest BCUT2D eigenvalue weighted by Crippen LogP contribution is -2.46. The van der Waals surface area contributed by atoms with Crippen molar-refractivity contribution in [3.63, 3.8) is 0 Å². The molecule has 1 aromatic heterocycles. The topological polar surface area (TPSA) is 71.4 Å². The van der Waals surface area contributed by atoms with Crippen LogP contribution in [0, 0.1) is 5.82 Å². The van der Waals surface area contributed by atoms with Crippen LogP contribution >= 0.6 is 24.8 Å². The van der Waals surface area contributed by atoms with Gasteiger partial charge in [-0.2, -0.15) is 4.98 Å². The third-order valence-electron chi connectivity index (χ3n) is 3.97. The summed E-state index contributed by atoms with van der Waals surface area (Å²) >= 11 is 0. The Bertz CT molecular complexity index is 651. The van der Waals surface area contributed by atoms with Crippen molar-refractivity contribution < 1.29 is 8.91 Å². The number of hydrogen-bond acceptors (Lipinski definition) is 6. The van der Waals surface area contributed by atoms with Gasteiger partial charge >= 0.3 is 0 Å². The molecule has 140 valence electrons. The highest BCUT2D eigenvalue weighted by Crippen LogP contribution is 2.18. The van der Waals surface area contributed by atoms with Gasteiger partial charge in [0.1, 0.15) is 5.82 Å². The molecule has 0 spiro atoms. The Kier molecular flexibility index (Phi) is 7.62. The fraction of sp³-hybridized carbons (Fsp3) is 0.500. The Balaban J connectivity index is 0.00000156. The predicted octanol–water partition coefficient (Wildman–Crippen LogP) is 2.57. The molecule has 0 radical (unpaired) electrons. The largest absolute Gasteiger partial charge is 0.369 e. The van der Waals surface area contributed by atoms with Crippen LogP contribution in [0.25, 0.3) is 0 Å². The van der Waals surface area contributed by atoms with Gasteiger partial charge < -0.3 is 15.2 Å². The second-order valence-electron chi connectivity index (χ2n) is 6.47. The number of aromatic nitrogens is 2. The number of rotatable bonds is 4. The normalized spacial score (nSPS) is 15.4. The van der Waals surface area contributed by atoms with Gasteiger partial charge in [0.05, 0.1) is 12.1 Å². The van der Waals surface area contributed by atoms with E-state index < -0.39 is 5.54 Å². The first-order chi connectivity index (χ1) is 10.9. The minimum Gasteiger partial charge on any atom is -0.369 e. The summed E-state index contributed by atoms with van der Waals surface area (Å²) in [4.78, 5) is 8.88. The second kappa shape index (κ2) is 8.80. The molecule has 0 amide bonds. The molecule has 1 aliphatic heterocycles. The van der Waals surface area contributed by atoms with Crippen LogP contribution in [0.3, 0.4) is 0 Å². The molecule has 2 aromatic rings. The van der Waals surface area contributed by atoms with E-state index in [1.165, 1.54) is 12.1 Å². The average molecular weight is 392 g/mol. The van der Waals surface area contributed by atoms with Crippen LogP contribution < -0.4 is 10.6 Å². The van der Waals surface area contributed by atoms with E-state index in [0.29, 0.717) is 18.3 Å². The van der Waals surface area contributed by atoms with Gasteiger partial charge in [-0.25, -0.2) is 4.39 Å². The van der Waals surface area contributed by atoms with Crippen LogP contribution in [0.5, 0.6) is 0 Å². The zero-order chi connectivity index (χ0) is 16.4. The highest BCUT2D eigenvalue weighted by molar-refractivity contribution is 5.85. The van der Waals surface area contributed by atoms with E-state index in [4.69, 9.17) is 10.3 Å². The number of halogens is 3. The van der Waals surface area contributed by atoms with Crippen molar-refractivity contribution in [2.75, 3.05) is 31.1 Å². The maximum absolute atomic E-state index is 13.0. The molecule has 0 saturated carbocycles. The zero-order valence-electron chi connectivity index (χ0n) is 14.3. The Morgan fingerprint density at radius 1 is 1.12 bits per heavy atom. The molecule has 1 fully saturated rings. The third kappa shape index (κ3) is 5.54. The maximum Gasteiger partial charge on any atom is 0.240 e. The summed E-state index contributed by atoms with van der Waals surface area (Å²) < 4.78 is 18.3. The van der Waals surface area contributed by atoms with Crippen molar-refractivity contribution in [1.82, 2.24) is 15.0 Å². The van der Waals surface area contributed by atoms with Crippen LogP contribution in [0.2, 0.25) is 0 Å². The summed E-state index contributed by atoms with van der Waals surface area (Å²) in [5, 5.41) is 3.94. The quantitative estimate of drug-likeness (QED) is 0.863. The smallest absolute Gasteiger partial charge is 0.240 e. The number of nitrogens with two attached hydrogens (primary N) is 1. The molecule has 2 heterocycles. The van der Waals surface area contributed by atoms with Gasteiger partial charge in [0, 0.05) is 31.9 Å². The fourth-order valence-corrected chi connectivity index (χ4v) is 2.59. The van der Waals surface area contributed by atoms with E-state index in [2.05, 4.69) is 19.9 Å². The van der Waals surface area contributed by atoms with Gasteiger partial charge in [-0.3, -0.25) is 4.90 Å². The number of anilines is 1. The number of hydrogen-bond donors (Lipinski definition) is 1. The van der Waals surface area contributed by atoms with Crippen molar-refractivity contribution in [3.05, 3.63) is 41.8 Å². The van der Waals surface area contributed by atoms with Gasteiger partial charge in [0.15, 0.2) is 5.82 Å². The lowest BCUT2D eigenvalue weighted by molar-refractivity contribution is 0.215. The maximum atomic E-state index is 13.0. The van der Waals surface area contributed by atoms with Gasteiger partial charge in [-0.15, -0.1) is 24.8 Å². The molecular weight excluding hydrogens is 368 g/mol. The van der Waals surface area contributed by atoms with E-state index in [0.717, 1.165) is 31.9 Å². The highest BCUT2D eigenvalue weighted by Gasteiger charge is 2.23. The molecule has 1 saturated heterocycles. The molecule has 0 aliphatic carbocycles. The molecule has 2 N–H and O–H groups in total. The van der Waals surface area contributed by atoms with Crippen LogP contribution in [0.4, 0.5) is 10.1 Å². The molecule has 9 heteroatoms. The summed E-state index contributed by atoms with van der Waals surface area (Å²) in [6, 6.07) is 6.63. The summed E-state index contributed by atoms with van der Waals surface area (Å²) in [5.41, 5.74) is 6.42. The monoisotopic (exact) mass is 391 g/mol. The van der Waals surface area contributed by atoms with Gasteiger partial charge in [-0.05, 0) is 38.1 Å². The van der Waals surface area contributed by atoms with Crippen LogP contribution in [0.1, 0.15) is 25.6 Å². The number of benzene rings is 1. The molecule has 0 bridgehead atoms. The predicted molar refractivity (Wildman–Crippen MR) is 99.9 cm³/mol. The Morgan fingerprint density at radius 2 is 1.72 bits per heavy atom. The molecule has 3 rings (SSSR count). The molecule has 25 heavy (non-hydrogen) atoms. The van der Waals surface area contributed by atoms with Crippen LogP contribution in [0.15, 0.2) is 28.8 Å². The number of piperazine rings is 1. The summed E-state index contributed by atoms with van der Waals surface area (Å²) in [6.45, 7) is 7.87. The van der Waals surface area contributed by atoms with Gasteiger partial charge in [0.25, 0.3) is 0 Å². The van der Waals surface area contributed by atoms with Crippen LogP contribution in [-0.4, -0.2) is 41.2 Å². The molecular formula is C16H24Cl2FN5O. The SMILES string of the molecule is CC(C)(N)c1noc(CN2CCN(c3ccc(F)cc3)CC2)n1.Cl.Cl. The second-order valence-corrected chi connectivity index (χ2v) is 6.47. The fourth-order valence-electron chi connectivity index (χ4n) is 2.59.